The number of aliphatic hydroxyl groups excluding tert-OH is 1. The second-order valence-electron chi connectivity index (χ2n) is 4.81. The Kier molecular flexibility index (Phi) is 5.83. The molecular weight excluding hydrogens is 264 g/mol. The lowest BCUT2D eigenvalue weighted by molar-refractivity contribution is -0.137. The van der Waals surface area contributed by atoms with Gasteiger partial charge in [-0.25, -0.2) is 0 Å². The Morgan fingerprint density at radius 3 is 2.62 bits per heavy atom. The van der Waals surface area contributed by atoms with Gasteiger partial charge in [0.15, 0.2) is 0 Å². The van der Waals surface area contributed by atoms with Crippen LogP contribution in [0.25, 0.3) is 0 Å². The summed E-state index contributed by atoms with van der Waals surface area (Å²) in [5.41, 5.74) is 0.921. The van der Waals surface area contributed by atoms with E-state index in [0.717, 1.165) is 17.4 Å². The highest BCUT2D eigenvalue weighted by Crippen LogP contribution is 2.36. The van der Waals surface area contributed by atoms with E-state index in [1.807, 2.05) is 49.6 Å². The molecule has 1 aliphatic rings. The predicted octanol–water partition coefficient (Wildman–Crippen LogP) is 2.43. The van der Waals surface area contributed by atoms with Gasteiger partial charge in [0.05, 0.1) is 12.0 Å². The topological polar surface area (TPSA) is 57.5 Å². The van der Waals surface area contributed by atoms with Gasteiger partial charge in [0, 0.05) is 17.9 Å². The number of benzene rings is 1. The SMILES string of the molecule is O=C(O)CCC[C@H](O)[C]1[CH][CH][CH][C]1C#Cc1ccccc1. The Bertz CT molecular complexity index is 512. The van der Waals surface area contributed by atoms with Crippen LogP contribution < -0.4 is 0 Å². The summed E-state index contributed by atoms with van der Waals surface area (Å²) in [6, 6.07) is 9.65. The van der Waals surface area contributed by atoms with E-state index in [2.05, 4.69) is 11.8 Å². The third kappa shape index (κ3) is 4.91. The number of carboxylic acid groups (broad SMARTS) is 1. The summed E-state index contributed by atoms with van der Waals surface area (Å²) in [6.07, 6.45) is 5.84. The molecule has 0 bridgehead atoms. The first-order valence-corrected chi connectivity index (χ1v) is 6.89. The smallest absolute Gasteiger partial charge is 0.303 e. The second kappa shape index (κ2) is 7.85. The molecular formula is C18H17O3. The molecule has 2 N–H and O–H groups in total. The number of rotatable bonds is 5. The molecule has 1 aromatic carbocycles. The minimum absolute atomic E-state index is 0.0722. The van der Waals surface area contributed by atoms with Crippen molar-refractivity contribution in [2.24, 2.45) is 0 Å². The average Bonchev–Trinajstić information content (AvgIpc) is 2.94. The number of aliphatic hydroxyl groups is 1. The molecule has 5 radical (unpaired) electrons. The normalized spacial score (nSPS) is 17.2. The predicted molar refractivity (Wildman–Crippen MR) is 80.2 cm³/mol. The summed E-state index contributed by atoms with van der Waals surface area (Å²) in [5.74, 6) is 6.85. The number of hydrogen-bond acceptors (Lipinski definition) is 2. The van der Waals surface area contributed by atoms with E-state index in [9.17, 15) is 9.90 Å². The van der Waals surface area contributed by atoms with Gasteiger partial charge in [0.1, 0.15) is 0 Å². The molecule has 0 saturated heterocycles. The molecule has 3 nitrogen and oxygen atoms in total. The van der Waals surface area contributed by atoms with Crippen LogP contribution in [0.2, 0.25) is 0 Å². The standard InChI is InChI=1S/C18H17O3/c19-17(10-5-11-18(20)21)16-9-4-8-15(16)13-12-14-6-2-1-3-7-14/h1-4,6-9,17,19H,5,10-11H2,(H,20,21)/t17-/m0/s1. The van der Waals surface area contributed by atoms with Crippen LogP contribution in [0.15, 0.2) is 30.3 Å². The fourth-order valence-corrected chi connectivity index (χ4v) is 2.10. The Morgan fingerprint density at radius 1 is 1.14 bits per heavy atom. The summed E-state index contributed by atoms with van der Waals surface area (Å²) in [5, 5.41) is 18.8. The minimum atomic E-state index is -0.839. The molecule has 1 fully saturated rings. The molecule has 1 atom stereocenters. The monoisotopic (exact) mass is 281 g/mol. The van der Waals surface area contributed by atoms with Crippen molar-refractivity contribution < 1.29 is 15.0 Å². The van der Waals surface area contributed by atoms with Crippen LogP contribution >= 0.6 is 0 Å². The van der Waals surface area contributed by atoms with Crippen LogP contribution in [0.5, 0.6) is 0 Å². The van der Waals surface area contributed by atoms with E-state index in [0.29, 0.717) is 12.8 Å². The molecule has 0 spiro atoms. The zero-order chi connectivity index (χ0) is 15.1. The van der Waals surface area contributed by atoms with Gasteiger partial charge in [-0.2, -0.15) is 0 Å². The first-order chi connectivity index (χ1) is 10.2. The van der Waals surface area contributed by atoms with Gasteiger partial charge in [-0.05, 0) is 44.2 Å². The molecule has 1 aromatic rings. The quantitative estimate of drug-likeness (QED) is 0.815. The highest BCUT2D eigenvalue weighted by atomic mass is 16.4. The molecule has 1 aliphatic carbocycles. The number of aliphatic carboxylic acids is 1. The first kappa shape index (κ1) is 15.6. The van der Waals surface area contributed by atoms with Crippen LogP contribution in [0.1, 0.15) is 24.8 Å². The van der Waals surface area contributed by atoms with Crippen LogP contribution in [0.4, 0.5) is 0 Å². The summed E-state index contributed by atoms with van der Waals surface area (Å²) in [7, 11) is 0. The van der Waals surface area contributed by atoms with E-state index >= 15 is 0 Å². The van der Waals surface area contributed by atoms with E-state index < -0.39 is 12.1 Å². The Hall–Kier alpha value is -1.79. The molecule has 1 saturated carbocycles. The summed E-state index contributed by atoms with van der Waals surface area (Å²) < 4.78 is 0. The molecule has 0 amide bonds. The molecule has 2 rings (SSSR count). The number of hydrogen-bond donors (Lipinski definition) is 2. The maximum atomic E-state index is 10.5. The van der Waals surface area contributed by atoms with Crippen LogP contribution in [-0.2, 0) is 4.79 Å². The molecule has 107 valence electrons. The molecule has 21 heavy (non-hydrogen) atoms. The lowest BCUT2D eigenvalue weighted by Gasteiger charge is -2.19. The highest BCUT2D eigenvalue weighted by Gasteiger charge is 2.33. The van der Waals surface area contributed by atoms with Crippen molar-refractivity contribution in [2.75, 3.05) is 0 Å². The van der Waals surface area contributed by atoms with Crippen molar-refractivity contribution >= 4 is 5.97 Å². The third-order valence-corrected chi connectivity index (χ3v) is 3.19. The van der Waals surface area contributed by atoms with Crippen molar-refractivity contribution in [3.8, 4) is 11.8 Å². The molecule has 3 heteroatoms. The Morgan fingerprint density at radius 2 is 1.90 bits per heavy atom. The van der Waals surface area contributed by atoms with Crippen molar-refractivity contribution in [3.63, 3.8) is 0 Å². The van der Waals surface area contributed by atoms with Gasteiger partial charge in [0.2, 0.25) is 0 Å². The number of carboxylic acids is 1. The molecule has 0 heterocycles. The molecule has 0 unspecified atom stereocenters. The van der Waals surface area contributed by atoms with Gasteiger partial charge in [-0.1, -0.05) is 30.0 Å². The van der Waals surface area contributed by atoms with Crippen molar-refractivity contribution in [2.45, 2.75) is 25.4 Å². The second-order valence-corrected chi connectivity index (χ2v) is 4.81. The summed E-state index contributed by atoms with van der Waals surface area (Å²) in [4.78, 5) is 10.5. The van der Waals surface area contributed by atoms with E-state index in [1.54, 1.807) is 0 Å². The van der Waals surface area contributed by atoms with Gasteiger partial charge in [0.25, 0.3) is 0 Å². The van der Waals surface area contributed by atoms with E-state index in [4.69, 9.17) is 5.11 Å². The molecule has 0 aromatic heterocycles. The van der Waals surface area contributed by atoms with Gasteiger partial charge >= 0.3 is 5.97 Å². The Labute approximate surface area is 126 Å². The minimum Gasteiger partial charge on any atom is -0.481 e. The maximum absolute atomic E-state index is 10.5. The largest absolute Gasteiger partial charge is 0.481 e. The van der Waals surface area contributed by atoms with Crippen molar-refractivity contribution in [3.05, 3.63) is 67.0 Å². The van der Waals surface area contributed by atoms with E-state index in [-0.39, 0.29) is 6.42 Å². The van der Waals surface area contributed by atoms with Crippen LogP contribution in [-0.4, -0.2) is 22.3 Å². The third-order valence-electron chi connectivity index (χ3n) is 3.19. The van der Waals surface area contributed by atoms with Crippen LogP contribution in [0, 0.1) is 42.9 Å². The summed E-state index contributed by atoms with van der Waals surface area (Å²) >= 11 is 0. The van der Waals surface area contributed by atoms with Crippen molar-refractivity contribution in [1.82, 2.24) is 0 Å². The lowest BCUT2D eigenvalue weighted by Crippen LogP contribution is -2.20. The average molecular weight is 281 g/mol. The van der Waals surface area contributed by atoms with Gasteiger partial charge in [-0.15, -0.1) is 0 Å². The zero-order valence-corrected chi connectivity index (χ0v) is 11.6. The van der Waals surface area contributed by atoms with Crippen LogP contribution in [0.3, 0.4) is 0 Å². The first-order valence-electron chi connectivity index (χ1n) is 6.89. The summed E-state index contributed by atoms with van der Waals surface area (Å²) in [6.45, 7) is 0. The fourth-order valence-electron chi connectivity index (χ4n) is 2.10. The van der Waals surface area contributed by atoms with Gasteiger partial charge in [-0.3, -0.25) is 4.79 Å². The Balaban J connectivity index is 1.91. The maximum Gasteiger partial charge on any atom is 0.303 e. The molecule has 0 aliphatic heterocycles. The number of carbonyl (C=O) groups is 1. The lowest BCUT2D eigenvalue weighted by atomic mass is 9.88. The zero-order valence-electron chi connectivity index (χ0n) is 11.6. The highest BCUT2D eigenvalue weighted by molar-refractivity contribution is 5.66. The fraction of sp³-hybridized carbons (Fsp3) is 0.222. The van der Waals surface area contributed by atoms with Gasteiger partial charge < -0.3 is 10.2 Å². The van der Waals surface area contributed by atoms with E-state index in [1.165, 1.54) is 0 Å². The van der Waals surface area contributed by atoms with Crippen molar-refractivity contribution in [1.29, 1.82) is 0 Å².